The lowest BCUT2D eigenvalue weighted by molar-refractivity contribution is -0.138. The van der Waals surface area contributed by atoms with Gasteiger partial charge in [-0.3, -0.25) is 19.2 Å². The van der Waals surface area contributed by atoms with Crippen LogP contribution < -0.4 is 0 Å². The van der Waals surface area contributed by atoms with E-state index in [4.69, 9.17) is 30.6 Å². The van der Waals surface area contributed by atoms with Crippen molar-refractivity contribution in [2.45, 2.75) is 555 Å². The molecule has 0 amide bonds. The Bertz CT molecular complexity index is 2190. The maximum Gasteiger partial charge on any atom is 0.303 e. The molecule has 2 aliphatic carbocycles. The van der Waals surface area contributed by atoms with Crippen LogP contribution in [0.3, 0.4) is 0 Å². The lowest BCUT2D eigenvalue weighted by atomic mass is 9.61. The number of allylic oxidation sites excluding steroid dienone is 8. The first kappa shape index (κ1) is 117. The molecule has 6 N–H and O–H groups in total. The number of unbranched alkanes of at least 4 members (excludes halogenated alkanes) is 53. The van der Waals surface area contributed by atoms with Crippen LogP contribution >= 0.6 is 0 Å². The van der Waals surface area contributed by atoms with E-state index in [-0.39, 0.29) is 1.43 Å². The van der Waals surface area contributed by atoms with Gasteiger partial charge >= 0.3 is 23.9 Å². The summed E-state index contributed by atoms with van der Waals surface area (Å²) in [4.78, 5) is 42.3. The van der Waals surface area contributed by atoms with Gasteiger partial charge in [-0.2, -0.15) is 0 Å². The van der Waals surface area contributed by atoms with Gasteiger partial charge in [0.05, 0.1) is 0 Å². The van der Waals surface area contributed by atoms with Gasteiger partial charge in [-0.05, 0) is 195 Å². The maximum atomic E-state index is 10.8. The number of aliphatic hydroxyl groups excluding tert-OH is 2. The average molecular weight is 1660 g/mol. The first-order valence-electron chi connectivity index (χ1n) is 52.5. The highest BCUT2D eigenvalue weighted by Gasteiger charge is 2.38. The lowest BCUT2D eigenvalue weighted by Crippen LogP contribution is -2.35. The van der Waals surface area contributed by atoms with E-state index >= 15 is 0 Å². The molecular formula is C108H206O10. The minimum absolute atomic E-state index is 0. The highest BCUT2D eigenvalue weighted by Crippen LogP contribution is 2.49. The van der Waals surface area contributed by atoms with Gasteiger partial charge < -0.3 is 30.6 Å². The van der Waals surface area contributed by atoms with Crippen molar-refractivity contribution in [2.24, 2.45) is 47.3 Å². The summed E-state index contributed by atoms with van der Waals surface area (Å²) < 4.78 is 0. The van der Waals surface area contributed by atoms with Crippen LogP contribution in [0.4, 0.5) is 0 Å². The summed E-state index contributed by atoms with van der Waals surface area (Å²) in [6.07, 6.45) is 118. The Balaban J connectivity index is -0.00000158. The van der Waals surface area contributed by atoms with Gasteiger partial charge in [-0.25, -0.2) is 0 Å². The van der Waals surface area contributed by atoms with E-state index in [0.29, 0.717) is 44.8 Å². The van der Waals surface area contributed by atoms with Crippen molar-refractivity contribution in [2.75, 3.05) is 13.2 Å². The standard InChI is InChI=1S/C36H66O4.C36H72O2.C18H34O2.C18H32O2.H2/c1-3-5-7-9-13-19-25-33-31(23-17-8-6-4-2)29-30-32(24-18-12-10-15-21-27-35(37)38)34(33)26-20-14-11-16-22-28-36(39)40;1-3-5-7-9-15-21-27-35-33(25-19-8-6-4-2)29-30-34(26-20-14-10-12-17-23-31-37)36(35)28-22-16-11-13-18-24-32-38;2*1-2-3-4-5-6-7-8-9-10-11-12-13-14-15-16-17-18(19)20;/h29-34H,3-28H2,1-2H3,(H,37,38)(H,39,40);33-38H,3-32H2,1-2H3;9-10H,2-8,11-17H2,1H3,(H,19,20);6-7,9-10H,2-5,8,11-17H2,1H3,(H,19,20);1H/b;;10-9-;7-6-,10-9-;. The molecule has 698 valence electrons. The number of rotatable bonds is 85. The molecule has 1 saturated carbocycles. The van der Waals surface area contributed by atoms with Gasteiger partial charge in [0.25, 0.3) is 0 Å². The molecule has 0 radical (unpaired) electrons. The second-order valence-corrected chi connectivity index (χ2v) is 37.0. The van der Waals surface area contributed by atoms with Crippen molar-refractivity contribution in [3.63, 3.8) is 0 Å². The first-order valence-corrected chi connectivity index (χ1v) is 52.5. The van der Waals surface area contributed by atoms with Gasteiger partial charge in [0.15, 0.2) is 0 Å². The van der Waals surface area contributed by atoms with Crippen LogP contribution in [-0.4, -0.2) is 67.7 Å². The Morgan fingerprint density at radius 2 is 0.432 bits per heavy atom. The highest BCUT2D eigenvalue weighted by atomic mass is 16.4. The molecule has 0 aromatic rings. The Kier molecular flexibility index (Phi) is 95.0. The third-order valence-corrected chi connectivity index (χ3v) is 26.3. The normalized spacial score (nSPS) is 17.9. The van der Waals surface area contributed by atoms with Crippen LogP contribution in [-0.2, 0) is 19.2 Å². The molecule has 1 fully saturated rings. The van der Waals surface area contributed by atoms with Crippen molar-refractivity contribution >= 4 is 23.9 Å². The van der Waals surface area contributed by atoms with Crippen LogP contribution in [0, 0.1) is 47.3 Å². The molecule has 0 heterocycles. The fourth-order valence-electron chi connectivity index (χ4n) is 19.0. The minimum atomic E-state index is -0.671. The van der Waals surface area contributed by atoms with Crippen molar-refractivity contribution in [3.8, 4) is 0 Å². The van der Waals surface area contributed by atoms with E-state index in [9.17, 15) is 19.2 Å². The summed E-state index contributed by atoms with van der Waals surface area (Å²) in [6, 6.07) is 0. The van der Waals surface area contributed by atoms with Crippen LogP contribution in [0.5, 0.6) is 0 Å². The summed E-state index contributed by atoms with van der Waals surface area (Å²) in [7, 11) is 0. The van der Waals surface area contributed by atoms with Gasteiger partial charge in [0, 0.05) is 40.3 Å². The summed E-state index contributed by atoms with van der Waals surface area (Å²) >= 11 is 0. The number of carbonyl (C=O) groups is 4. The topological polar surface area (TPSA) is 190 Å². The number of aliphatic carboxylic acids is 4. The van der Waals surface area contributed by atoms with E-state index in [1.54, 1.807) is 0 Å². The Labute approximate surface area is 735 Å². The molecule has 0 aromatic carbocycles. The summed E-state index contributed by atoms with van der Waals surface area (Å²) in [6.45, 7) is 14.5. The number of carboxylic acids is 4. The Morgan fingerprint density at radius 1 is 0.237 bits per heavy atom. The number of hydrogen-bond acceptors (Lipinski definition) is 6. The van der Waals surface area contributed by atoms with E-state index in [1.165, 1.54) is 405 Å². The number of hydrogen-bond donors (Lipinski definition) is 6. The fraction of sp³-hybridized carbons (Fsp3) is 0.889. The third-order valence-electron chi connectivity index (χ3n) is 26.3. The maximum absolute atomic E-state index is 10.8. The zero-order valence-corrected chi connectivity index (χ0v) is 79.5. The monoisotopic (exact) mass is 1660 g/mol. The largest absolute Gasteiger partial charge is 0.481 e. The first-order chi connectivity index (χ1) is 57.8. The SMILES string of the molecule is CCCCC/C=C\C/C=C\CCCCCCCC(=O)O.CCCCCCCC/C=C\CCCCCCCC(=O)O.CCCCCCCCC1C(CCCCCC)C=CC(CCCCCCCC(=O)O)C1CCCCCCCC(=O)O.CCCCCCCCC1C(CCCCCC)CCC(CCCCCCCCO)C1CCCCCCCCO.[HH]. The van der Waals surface area contributed by atoms with E-state index in [2.05, 4.69) is 90.2 Å². The Morgan fingerprint density at radius 3 is 0.703 bits per heavy atom. The summed E-state index contributed by atoms with van der Waals surface area (Å²) in [5.74, 6) is 4.38. The van der Waals surface area contributed by atoms with Crippen LogP contribution in [0.1, 0.15) is 557 Å². The smallest absolute Gasteiger partial charge is 0.303 e. The molecule has 10 nitrogen and oxygen atoms in total. The Hall–Kier alpha value is -3.24. The second-order valence-electron chi connectivity index (χ2n) is 37.0. The molecule has 10 heteroatoms. The fourth-order valence-corrected chi connectivity index (χ4v) is 19.0. The van der Waals surface area contributed by atoms with Crippen LogP contribution in [0.2, 0.25) is 0 Å². The molecule has 0 saturated heterocycles. The molecular weight excluding hydrogens is 1460 g/mol. The molecule has 8 atom stereocenters. The zero-order chi connectivity index (χ0) is 86.6. The van der Waals surface area contributed by atoms with Crippen molar-refractivity contribution in [3.05, 3.63) is 48.6 Å². The van der Waals surface area contributed by atoms with Gasteiger partial charge in [0.2, 0.25) is 0 Å². The highest BCUT2D eigenvalue weighted by molar-refractivity contribution is 5.67. The molecule has 2 rings (SSSR count). The molecule has 0 bridgehead atoms. The van der Waals surface area contributed by atoms with Crippen molar-refractivity contribution in [1.82, 2.24) is 0 Å². The average Bonchev–Trinajstić information content (AvgIpc) is 0.824. The van der Waals surface area contributed by atoms with Crippen LogP contribution in [0.15, 0.2) is 48.6 Å². The predicted molar refractivity (Wildman–Crippen MR) is 515 cm³/mol. The lowest BCUT2D eigenvalue weighted by Gasteiger charge is -2.44. The van der Waals surface area contributed by atoms with E-state index in [1.807, 2.05) is 0 Å². The van der Waals surface area contributed by atoms with Crippen molar-refractivity contribution < 1.29 is 51.2 Å². The molecule has 118 heavy (non-hydrogen) atoms. The van der Waals surface area contributed by atoms with Crippen LogP contribution in [0.25, 0.3) is 0 Å². The van der Waals surface area contributed by atoms with Crippen molar-refractivity contribution in [1.29, 1.82) is 0 Å². The number of carboxylic acid groups (broad SMARTS) is 4. The van der Waals surface area contributed by atoms with E-state index < -0.39 is 23.9 Å². The number of aliphatic hydroxyl groups is 2. The molecule has 2 aliphatic rings. The zero-order valence-electron chi connectivity index (χ0n) is 79.5. The molecule has 0 aromatic heterocycles. The summed E-state index contributed by atoms with van der Waals surface area (Å²) in [5.41, 5.74) is 0. The quantitative estimate of drug-likeness (QED) is 0.0252. The summed E-state index contributed by atoms with van der Waals surface area (Å²) in [5, 5.41) is 52.9. The molecule has 0 spiro atoms. The molecule has 8 unspecified atom stereocenters. The van der Waals surface area contributed by atoms with Gasteiger partial charge in [-0.15, -0.1) is 0 Å². The third kappa shape index (κ3) is 82.4. The predicted octanol–water partition coefficient (Wildman–Crippen LogP) is 35.0. The molecule has 0 aliphatic heterocycles. The minimum Gasteiger partial charge on any atom is -0.481 e. The second kappa shape index (κ2) is 96.0. The van der Waals surface area contributed by atoms with Gasteiger partial charge in [0.1, 0.15) is 0 Å². The van der Waals surface area contributed by atoms with E-state index in [0.717, 1.165) is 125 Å². The van der Waals surface area contributed by atoms with Gasteiger partial charge in [-0.1, -0.05) is 430 Å².